The van der Waals surface area contributed by atoms with Gasteiger partial charge in [-0.2, -0.15) is 13.5 Å². The molecule has 0 N–H and O–H groups in total. The van der Waals surface area contributed by atoms with Gasteiger partial charge in [-0.25, -0.2) is 0 Å². The smallest absolute Gasteiger partial charge is 0.119 e. The van der Waals surface area contributed by atoms with Crippen LogP contribution in [-0.4, -0.2) is 6.10 Å². The second-order valence-electron chi connectivity index (χ2n) is 2.99. The summed E-state index contributed by atoms with van der Waals surface area (Å²) in [4.78, 5) is 0. The molecular formula is C12H18OS. The molecule has 1 atom stereocenters. The molecule has 2 heteroatoms. The van der Waals surface area contributed by atoms with Crippen LogP contribution in [0.25, 0.3) is 0 Å². The molecule has 78 valence electrons. The number of benzene rings is 1. The standard InChI is InChI=1S/C12H16O.H2S/c1-3-8-11(4-2)13-12-9-6-5-7-10-12;/h3,5-7,9-11H,1,4,8H2,2H3;1H2. The predicted octanol–water partition coefficient (Wildman–Crippen LogP) is 3.53. The van der Waals surface area contributed by atoms with E-state index >= 15 is 0 Å². The lowest BCUT2D eigenvalue weighted by molar-refractivity contribution is 0.200. The highest BCUT2D eigenvalue weighted by atomic mass is 32.1. The van der Waals surface area contributed by atoms with E-state index in [1.54, 1.807) is 0 Å². The van der Waals surface area contributed by atoms with Crippen molar-refractivity contribution < 1.29 is 4.74 Å². The van der Waals surface area contributed by atoms with Crippen molar-refractivity contribution in [2.24, 2.45) is 0 Å². The zero-order chi connectivity index (χ0) is 9.52. The molecule has 0 heterocycles. The molecule has 1 nitrogen and oxygen atoms in total. The molecule has 0 amide bonds. The SMILES string of the molecule is C=CCC(CC)Oc1ccccc1.S. The Hall–Kier alpha value is -0.890. The summed E-state index contributed by atoms with van der Waals surface area (Å²) < 4.78 is 5.73. The van der Waals surface area contributed by atoms with E-state index < -0.39 is 0 Å². The summed E-state index contributed by atoms with van der Waals surface area (Å²) in [6.45, 7) is 5.83. The maximum Gasteiger partial charge on any atom is 0.119 e. The van der Waals surface area contributed by atoms with Gasteiger partial charge in [-0.1, -0.05) is 31.2 Å². The van der Waals surface area contributed by atoms with Crippen LogP contribution in [-0.2, 0) is 0 Å². The molecular weight excluding hydrogens is 192 g/mol. The molecule has 0 bridgehead atoms. The van der Waals surface area contributed by atoms with Crippen LogP contribution in [0.15, 0.2) is 43.0 Å². The summed E-state index contributed by atoms with van der Waals surface area (Å²) in [5.74, 6) is 0.941. The van der Waals surface area contributed by atoms with Gasteiger partial charge in [0.1, 0.15) is 11.9 Å². The Morgan fingerprint density at radius 2 is 2.00 bits per heavy atom. The first kappa shape index (κ1) is 13.1. The van der Waals surface area contributed by atoms with Gasteiger partial charge in [-0.15, -0.1) is 6.58 Å². The van der Waals surface area contributed by atoms with Crippen LogP contribution in [0.2, 0.25) is 0 Å². The van der Waals surface area contributed by atoms with Crippen molar-refractivity contribution in [2.75, 3.05) is 0 Å². The fraction of sp³-hybridized carbons (Fsp3) is 0.333. The van der Waals surface area contributed by atoms with Crippen LogP contribution < -0.4 is 4.74 Å². The van der Waals surface area contributed by atoms with Crippen molar-refractivity contribution >= 4 is 13.5 Å². The van der Waals surface area contributed by atoms with Crippen LogP contribution in [0.4, 0.5) is 0 Å². The number of rotatable bonds is 5. The van der Waals surface area contributed by atoms with Crippen molar-refractivity contribution in [1.82, 2.24) is 0 Å². The Balaban J connectivity index is 0.00000169. The second kappa shape index (κ2) is 7.51. The molecule has 14 heavy (non-hydrogen) atoms. The van der Waals surface area contributed by atoms with Gasteiger partial charge in [-0.3, -0.25) is 0 Å². The Kier molecular flexibility index (Phi) is 7.03. The fourth-order valence-corrected chi connectivity index (χ4v) is 1.18. The molecule has 0 fully saturated rings. The average molecular weight is 210 g/mol. The van der Waals surface area contributed by atoms with Gasteiger partial charge in [0.2, 0.25) is 0 Å². The van der Waals surface area contributed by atoms with E-state index in [1.807, 2.05) is 36.4 Å². The summed E-state index contributed by atoms with van der Waals surface area (Å²) in [7, 11) is 0. The van der Waals surface area contributed by atoms with Crippen LogP contribution in [0.3, 0.4) is 0 Å². The van der Waals surface area contributed by atoms with E-state index in [0.717, 1.165) is 18.6 Å². The first-order valence-electron chi connectivity index (χ1n) is 4.69. The normalized spacial score (nSPS) is 11.2. The maximum absolute atomic E-state index is 5.73. The van der Waals surface area contributed by atoms with Crippen LogP contribution in [0.5, 0.6) is 5.75 Å². The van der Waals surface area contributed by atoms with Crippen molar-refractivity contribution in [3.8, 4) is 5.75 Å². The quantitative estimate of drug-likeness (QED) is 0.675. The van der Waals surface area contributed by atoms with Gasteiger partial charge in [-0.05, 0) is 18.6 Å². The summed E-state index contributed by atoms with van der Waals surface area (Å²) in [6, 6.07) is 9.91. The van der Waals surface area contributed by atoms with Gasteiger partial charge in [0, 0.05) is 6.42 Å². The van der Waals surface area contributed by atoms with E-state index in [-0.39, 0.29) is 19.6 Å². The topological polar surface area (TPSA) is 9.23 Å². The highest BCUT2D eigenvalue weighted by Crippen LogP contribution is 2.14. The number of hydrogen-bond donors (Lipinski definition) is 0. The van der Waals surface area contributed by atoms with Crippen molar-refractivity contribution in [1.29, 1.82) is 0 Å². The third-order valence-corrected chi connectivity index (χ3v) is 1.93. The van der Waals surface area contributed by atoms with Crippen molar-refractivity contribution in [3.63, 3.8) is 0 Å². The van der Waals surface area contributed by atoms with Gasteiger partial charge in [0.05, 0.1) is 0 Å². The summed E-state index contributed by atoms with van der Waals surface area (Å²) in [5, 5.41) is 0. The first-order chi connectivity index (χ1) is 6.36. The molecule has 0 saturated heterocycles. The van der Waals surface area contributed by atoms with E-state index in [1.165, 1.54) is 0 Å². The number of para-hydroxylation sites is 1. The maximum atomic E-state index is 5.73. The minimum absolute atomic E-state index is 0. The van der Waals surface area contributed by atoms with Crippen molar-refractivity contribution in [3.05, 3.63) is 43.0 Å². The van der Waals surface area contributed by atoms with Crippen LogP contribution in [0.1, 0.15) is 19.8 Å². The molecule has 1 aromatic rings. The van der Waals surface area contributed by atoms with E-state index in [0.29, 0.717) is 0 Å². The largest absolute Gasteiger partial charge is 0.490 e. The first-order valence-corrected chi connectivity index (χ1v) is 4.69. The van der Waals surface area contributed by atoms with E-state index in [4.69, 9.17) is 4.74 Å². The van der Waals surface area contributed by atoms with Gasteiger partial charge in [0.25, 0.3) is 0 Å². The lowest BCUT2D eigenvalue weighted by Gasteiger charge is -2.15. The molecule has 1 unspecified atom stereocenters. The van der Waals surface area contributed by atoms with Gasteiger partial charge >= 0.3 is 0 Å². The molecule has 0 spiro atoms. The third kappa shape index (κ3) is 4.38. The Bertz CT molecular complexity index is 246. The Morgan fingerprint density at radius 1 is 1.36 bits per heavy atom. The molecule has 1 aromatic carbocycles. The lowest BCUT2D eigenvalue weighted by atomic mass is 10.2. The highest BCUT2D eigenvalue weighted by molar-refractivity contribution is 7.59. The van der Waals surface area contributed by atoms with Crippen molar-refractivity contribution in [2.45, 2.75) is 25.9 Å². The minimum atomic E-state index is 0. The minimum Gasteiger partial charge on any atom is -0.490 e. The van der Waals surface area contributed by atoms with E-state index in [9.17, 15) is 0 Å². The second-order valence-corrected chi connectivity index (χ2v) is 2.99. The van der Waals surface area contributed by atoms with E-state index in [2.05, 4.69) is 13.5 Å². The molecule has 0 aliphatic heterocycles. The average Bonchev–Trinajstić information content (AvgIpc) is 2.19. The Labute approximate surface area is 93.2 Å². The third-order valence-electron chi connectivity index (χ3n) is 1.93. The molecule has 0 radical (unpaired) electrons. The molecule has 1 rings (SSSR count). The van der Waals surface area contributed by atoms with Crippen LogP contribution in [0, 0.1) is 0 Å². The molecule has 0 aromatic heterocycles. The van der Waals surface area contributed by atoms with Crippen LogP contribution >= 0.6 is 13.5 Å². The number of ether oxygens (including phenoxy) is 1. The summed E-state index contributed by atoms with van der Waals surface area (Å²) in [5.41, 5.74) is 0. The zero-order valence-electron chi connectivity index (χ0n) is 8.57. The van der Waals surface area contributed by atoms with Gasteiger partial charge < -0.3 is 4.74 Å². The fourth-order valence-electron chi connectivity index (χ4n) is 1.18. The highest BCUT2D eigenvalue weighted by Gasteiger charge is 2.04. The monoisotopic (exact) mass is 210 g/mol. The molecule has 0 saturated carbocycles. The summed E-state index contributed by atoms with van der Waals surface area (Å²) in [6.07, 6.45) is 4.09. The molecule has 0 aliphatic rings. The lowest BCUT2D eigenvalue weighted by Crippen LogP contribution is -2.13. The van der Waals surface area contributed by atoms with Gasteiger partial charge in [0.15, 0.2) is 0 Å². The Morgan fingerprint density at radius 3 is 2.50 bits per heavy atom. The number of hydrogen-bond acceptors (Lipinski definition) is 1. The summed E-state index contributed by atoms with van der Waals surface area (Å²) >= 11 is 0. The molecule has 0 aliphatic carbocycles. The zero-order valence-corrected chi connectivity index (χ0v) is 9.57. The predicted molar refractivity (Wildman–Crippen MR) is 66.3 cm³/mol.